The number of nitrogens with zero attached hydrogens (tertiary/aromatic N) is 1. The lowest BCUT2D eigenvalue weighted by molar-refractivity contribution is 0.131. The number of anilines is 1. The molecule has 0 bridgehead atoms. The second-order valence-corrected chi connectivity index (χ2v) is 4.33. The number of hydrogen-bond donors (Lipinski definition) is 1. The summed E-state index contributed by atoms with van der Waals surface area (Å²) in [5.74, 6) is -0.0300. The summed E-state index contributed by atoms with van der Waals surface area (Å²) < 4.78 is 13.1. The molecule has 1 unspecified atom stereocenters. The van der Waals surface area contributed by atoms with E-state index in [9.17, 15) is 9.50 Å². The van der Waals surface area contributed by atoms with Gasteiger partial charge in [-0.2, -0.15) is 0 Å². The van der Waals surface area contributed by atoms with E-state index in [1.54, 1.807) is 6.07 Å². The molecule has 0 radical (unpaired) electrons. The van der Waals surface area contributed by atoms with Crippen LogP contribution >= 0.6 is 0 Å². The average molecular weight is 225 g/mol. The highest BCUT2D eigenvalue weighted by molar-refractivity contribution is 5.46. The van der Waals surface area contributed by atoms with Crippen LogP contribution in [0, 0.1) is 11.7 Å². The first-order valence-corrected chi connectivity index (χ1v) is 5.73. The molecule has 0 saturated heterocycles. The Morgan fingerprint density at radius 1 is 1.38 bits per heavy atom. The topological polar surface area (TPSA) is 23.5 Å². The molecule has 1 rings (SSSR count). The first-order chi connectivity index (χ1) is 7.54. The van der Waals surface area contributed by atoms with Crippen molar-refractivity contribution in [1.82, 2.24) is 0 Å². The third kappa shape index (κ3) is 3.49. The molecule has 0 aliphatic carbocycles. The van der Waals surface area contributed by atoms with Crippen LogP contribution in [0.5, 0.6) is 0 Å². The minimum atomic E-state index is -0.386. The third-order valence-electron chi connectivity index (χ3n) is 2.73. The molecule has 1 atom stereocenters. The van der Waals surface area contributed by atoms with Crippen molar-refractivity contribution in [3.63, 3.8) is 0 Å². The van der Waals surface area contributed by atoms with Crippen LogP contribution in [0.15, 0.2) is 24.3 Å². The van der Waals surface area contributed by atoms with E-state index in [0.717, 1.165) is 12.2 Å². The van der Waals surface area contributed by atoms with Crippen molar-refractivity contribution in [3.05, 3.63) is 30.1 Å². The fourth-order valence-electron chi connectivity index (χ4n) is 1.53. The largest absolute Gasteiger partial charge is 0.391 e. The molecule has 1 N–H and O–H groups in total. The summed E-state index contributed by atoms with van der Waals surface area (Å²) in [6.07, 6.45) is -0.386. The molecule has 2 nitrogen and oxygen atoms in total. The van der Waals surface area contributed by atoms with Gasteiger partial charge in [-0.1, -0.05) is 19.9 Å². The first-order valence-electron chi connectivity index (χ1n) is 5.73. The zero-order chi connectivity index (χ0) is 12.1. The van der Waals surface area contributed by atoms with Crippen LogP contribution in [-0.4, -0.2) is 24.3 Å². The van der Waals surface area contributed by atoms with E-state index in [1.165, 1.54) is 12.1 Å². The van der Waals surface area contributed by atoms with Crippen molar-refractivity contribution in [2.24, 2.45) is 5.92 Å². The number of aliphatic hydroxyl groups excluding tert-OH is 1. The van der Waals surface area contributed by atoms with Crippen molar-refractivity contribution in [3.8, 4) is 0 Å². The van der Waals surface area contributed by atoms with Gasteiger partial charge in [0.1, 0.15) is 5.82 Å². The van der Waals surface area contributed by atoms with Gasteiger partial charge in [-0.25, -0.2) is 4.39 Å². The van der Waals surface area contributed by atoms with Gasteiger partial charge in [-0.15, -0.1) is 0 Å². The first kappa shape index (κ1) is 13.0. The molecule has 0 heterocycles. The zero-order valence-electron chi connectivity index (χ0n) is 10.2. The van der Waals surface area contributed by atoms with Gasteiger partial charge in [0.25, 0.3) is 0 Å². The normalized spacial score (nSPS) is 12.9. The predicted octanol–water partition coefficient (Wildman–Crippen LogP) is 2.67. The van der Waals surface area contributed by atoms with Crippen LogP contribution in [0.3, 0.4) is 0 Å². The third-order valence-corrected chi connectivity index (χ3v) is 2.73. The Balaban J connectivity index is 2.74. The van der Waals surface area contributed by atoms with Crippen LogP contribution in [0.1, 0.15) is 20.8 Å². The number of benzene rings is 1. The molecule has 0 spiro atoms. The number of halogens is 1. The Hall–Kier alpha value is -1.09. The Kier molecular flexibility index (Phi) is 4.74. The maximum absolute atomic E-state index is 13.1. The summed E-state index contributed by atoms with van der Waals surface area (Å²) in [6, 6.07) is 6.47. The summed E-state index contributed by atoms with van der Waals surface area (Å²) >= 11 is 0. The van der Waals surface area contributed by atoms with E-state index >= 15 is 0 Å². The van der Waals surface area contributed by atoms with Crippen LogP contribution in [0.2, 0.25) is 0 Å². The maximum atomic E-state index is 13.1. The van der Waals surface area contributed by atoms with Crippen molar-refractivity contribution in [2.75, 3.05) is 18.0 Å². The van der Waals surface area contributed by atoms with E-state index in [4.69, 9.17) is 0 Å². The van der Waals surface area contributed by atoms with E-state index in [1.807, 2.05) is 31.7 Å². The van der Waals surface area contributed by atoms with Gasteiger partial charge in [0.15, 0.2) is 0 Å². The highest BCUT2D eigenvalue weighted by Crippen LogP contribution is 2.16. The average Bonchev–Trinajstić information content (AvgIpc) is 2.25. The summed E-state index contributed by atoms with van der Waals surface area (Å²) in [4.78, 5) is 1.98. The fourth-order valence-corrected chi connectivity index (χ4v) is 1.53. The summed E-state index contributed by atoms with van der Waals surface area (Å²) in [6.45, 7) is 7.25. The molecule has 0 amide bonds. The van der Waals surface area contributed by atoms with Crippen LogP contribution < -0.4 is 4.90 Å². The molecule has 16 heavy (non-hydrogen) atoms. The molecule has 0 saturated carbocycles. The Labute approximate surface area is 96.7 Å². The van der Waals surface area contributed by atoms with Crippen molar-refractivity contribution in [1.29, 1.82) is 0 Å². The van der Waals surface area contributed by atoms with Gasteiger partial charge in [-0.05, 0) is 31.0 Å². The van der Waals surface area contributed by atoms with E-state index in [2.05, 4.69) is 0 Å². The van der Waals surface area contributed by atoms with Gasteiger partial charge < -0.3 is 10.0 Å². The lowest BCUT2D eigenvalue weighted by Gasteiger charge is -2.27. The number of hydrogen-bond acceptors (Lipinski definition) is 2. The zero-order valence-corrected chi connectivity index (χ0v) is 10.2. The summed E-state index contributed by atoms with van der Waals surface area (Å²) in [7, 11) is 0. The maximum Gasteiger partial charge on any atom is 0.125 e. The molecule has 90 valence electrons. The van der Waals surface area contributed by atoms with Crippen molar-refractivity contribution < 1.29 is 9.50 Å². The van der Waals surface area contributed by atoms with Gasteiger partial charge in [-0.3, -0.25) is 0 Å². The minimum absolute atomic E-state index is 0.211. The molecular formula is C13H20FNO. The quantitative estimate of drug-likeness (QED) is 0.832. The number of likely N-dealkylation sites (N-methyl/N-ethyl adjacent to an activating group) is 1. The molecule has 0 aromatic heterocycles. The van der Waals surface area contributed by atoms with Gasteiger partial charge in [0.2, 0.25) is 0 Å². The standard InChI is InChI=1S/C13H20FNO/c1-4-15(9-13(16)10(2)3)12-7-5-6-11(14)8-12/h5-8,10,13,16H,4,9H2,1-3H3. The lowest BCUT2D eigenvalue weighted by atomic mass is 10.1. The van der Waals surface area contributed by atoms with Crippen molar-refractivity contribution in [2.45, 2.75) is 26.9 Å². The lowest BCUT2D eigenvalue weighted by Crippen LogP contribution is -2.35. The molecule has 0 fully saturated rings. The van der Waals surface area contributed by atoms with E-state index in [0.29, 0.717) is 6.54 Å². The molecule has 1 aromatic rings. The molecule has 1 aromatic carbocycles. The summed E-state index contributed by atoms with van der Waals surface area (Å²) in [5.41, 5.74) is 0.821. The monoisotopic (exact) mass is 225 g/mol. The molecule has 3 heteroatoms. The second kappa shape index (κ2) is 5.85. The van der Waals surface area contributed by atoms with E-state index in [-0.39, 0.29) is 17.8 Å². The smallest absolute Gasteiger partial charge is 0.125 e. The van der Waals surface area contributed by atoms with Crippen molar-refractivity contribution >= 4 is 5.69 Å². The van der Waals surface area contributed by atoms with Crippen LogP contribution in [0.25, 0.3) is 0 Å². The number of aliphatic hydroxyl groups is 1. The molecular weight excluding hydrogens is 205 g/mol. The molecule has 0 aliphatic rings. The number of rotatable bonds is 5. The molecule has 0 aliphatic heterocycles. The summed E-state index contributed by atoms with van der Waals surface area (Å²) in [5, 5.41) is 9.82. The SMILES string of the molecule is CCN(CC(O)C(C)C)c1cccc(F)c1. The Bertz CT molecular complexity index is 327. The highest BCUT2D eigenvalue weighted by Gasteiger charge is 2.14. The Morgan fingerprint density at radius 3 is 2.56 bits per heavy atom. The van der Waals surface area contributed by atoms with Gasteiger partial charge in [0, 0.05) is 18.8 Å². The Morgan fingerprint density at radius 2 is 2.06 bits per heavy atom. The predicted molar refractivity (Wildman–Crippen MR) is 65.1 cm³/mol. The van der Waals surface area contributed by atoms with Gasteiger partial charge in [0.05, 0.1) is 6.10 Å². The van der Waals surface area contributed by atoms with Crippen LogP contribution in [0.4, 0.5) is 10.1 Å². The fraction of sp³-hybridized carbons (Fsp3) is 0.538. The second-order valence-electron chi connectivity index (χ2n) is 4.33. The minimum Gasteiger partial charge on any atom is -0.391 e. The highest BCUT2D eigenvalue weighted by atomic mass is 19.1. The van der Waals surface area contributed by atoms with E-state index < -0.39 is 0 Å². The van der Waals surface area contributed by atoms with Gasteiger partial charge >= 0.3 is 0 Å². The van der Waals surface area contributed by atoms with Crippen LogP contribution in [-0.2, 0) is 0 Å².